The zero-order valence-electron chi connectivity index (χ0n) is 30.2. The number of carbonyl (C=O) groups is 2. The molecule has 310 valence electrons. The summed E-state index contributed by atoms with van der Waals surface area (Å²) in [6.45, 7) is 0.218. The van der Waals surface area contributed by atoms with E-state index in [4.69, 9.17) is 28.6 Å². The van der Waals surface area contributed by atoms with Crippen molar-refractivity contribution in [3.05, 3.63) is 128 Å². The van der Waals surface area contributed by atoms with Crippen molar-refractivity contribution in [3.8, 4) is 15.8 Å². The average Bonchev–Trinajstić information content (AvgIpc) is 4.07. The molecule has 0 radical (unpaired) electrons. The van der Waals surface area contributed by atoms with Gasteiger partial charge >= 0.3 is 0 Å². The second-order valence-electron chi connectivity index (χ2n) is 13.1. The van der Waals surface area contributed by atoms with Crippen molar-refractivity contribution in [2.75, 3.05) is 18.0 Å². The summed E-state index contributed by atoms with van der Waals surface area (Å²) in [7, 11) is -8.35. The van der Waals surface area contributed by atoms with Gasteiger partial charge < -0.3 is 10.2 Å². The van der Waals surface area contributed by atoms with Gasteiger partial charge in [-0.1, -0.05) is 27.6 Å². The van der Waals surface area contributed by atoms with Crippen LogP contribution in [0.5, 0.6) is 0 Å². The largest absolute Gasteiger partial charge is 0.354 e. The Morgan fingerprint density at radius 1 is 0.967 bits per heavy atom. The highest BCUT2D eigenvalue weighted by Crippen LogP contribution is 2.45. The molecule has 2 fully saturated rings. The first kappa shape index (κ1) is 43.2. The van der Waals surface area contributed by atoms with Gasteiger partial charge in [0.25, 0.3) is 25.7 Å². The molecular weight excluding hydrogens is 926 g/mol. The van der Waals surface area contributed by atoms with Crippen molar-refractivity contribution in [1.29, 1.82) is 5.26 Å². The van der Waals surface area contributed by atoms with E-state index in [1.165, 1.54) is 40.5 Å². The Bertz CT molecular complexity index is 2960. The van der Waals surface area contributed by atoms with E-state index in [1.54, 1.807) is 24.3 Å². The summed E-state index contributed by atoms with van der Waals surface area (Å²) < 4.78 is 84.7. The number of nitrogens with zero attached hydrogens (tertiary/aromatic N) is 4. The first-order valence-electron chi connectivity index (χ1n) is 17.3. The second-order valence-corrected chi connectivity index (χ2v) is 21.1. The maximum atomic E-state index is 14.9. The number of benzene rings is 3. The Morgan fingerprint density at radius 3 is 2.40 bits per heavy atom. The molecule has 6 aromatic rings. The maximum absolute atomic E-state index is 14.9. The molecule has 2 amide bonds. The molecule has 0 saturated carbocycles. The van der Waals surface area contributed by atoms with Gasteiger partial charge in [-0.3, -0.25) is 19.7 Å². The third-order valence-electron chi connectivity index (χ3n) is 9.46. The number of hydrogen-bond acceptors (Lipinski definition) is 12. The molecule has 0 spiro atoms. The molecule has 8 rings (SSSR count). The number of sulfonamides is 2. The SMILES string of the molecule is N#Cc1ccc(N2CC[C@H](NS(=O)(=O)c3cc4ccc(Cl)cc4s3)C2=O)c(F)c1.O=C1NCC[C@@]1(c1ccc([N+](=O)[O-])cc1F)N(Cl)S(=O)(=O)c1ccc(-c2cccs2)s1. The van der Waals surface area contributed by atoms with Crippen LogP contribution in [-0.4, -0.2) is 56.5 Å². The van der Waals surface area contributed by atoms with Crippen LogP contribution in [0.2, 0.25) is 5.02 Å². The number of nitro groups is 1. The third-order valence-corrected chi connectivity index (χ3v) is 17.8. The number of fused-ring (bicyclic) bond motifs is 1. The van der Waals surface area contributed by atoms with Crippen LogP contribution in [0.3, 0.4) is 0 Å². The van der Waals surface area contributed by atoms with E-state index < -0.39 is 65.7 Å². The van der Waals surface area contributed by atoms with E-state index in [1.807, 2.05) is 23.6 Å². The van der Waals surface area contributed by atoms with E-state index in [-0.39, 0.29) is 51.2 Å². The average molecular weight is 952 g/mol. The highest BCUT2D eigenvalue weighted by atomic mass is 35.5. The van der Waals surface area contributed by atoms with Gasteiger partial charge in [0.15, 0.2) is 5.54 Å². The maximum Gasteiger partial charge on any atom is 0.272 e. The van der Waals surface area contributed by atoms with Crippen molar-refractivity contribution in [3.63, 3.8) is 0 Å². The van der Waals surface area contributed by atoms with Gasteiger partial charge in [0, 0.05) is 44.2 Å². The van der Waals surface area contributed by atoms with E-state index in [2.05, 4.69) is 10.0 Å². The minimum atomic E-state index is -4.41. The molecule has 2 aliphatic rings. The monoisotopic (exact) mass is 950 g/mol. The van der Waals surface area contributed by atoms with E-state index in [9.17, 15) is 45.3 Å². The minimum Gasteiger partial charge on any atom is -0.354 e. The lowest BCUT2D eigenvalue weighted by Crippen LogP contribution is -2.49. The van der Waals surface area contributed by atoms with Crippen LogP contribution < -0.4 is 14.9 Å². The Morgan fingerprint density at radius 2 is 1.75 bits per heavy atom. The molecule has 60 heavy (non-hydrogen) atoms. The standard InChI is InChI=1S/C19H13ClFN3O3S2.C18H13ClFN3O5S3/c20-13-3-2-12-8-18(28-17(12)9-13)29(26,27)23-15-5-6-24(19(15)25)16-4-1-11(10-22)7-14(16)21;19-23(31(27,28)16-6-5-15(30-16)14-2-1-9-29-14)18(7-8-21-17(18)24)12-4-3-11(22(25)26)10-13(12)20/h1-4,7-9,15,23H,5-6H2;1-6,9-10H,7-8H2,(H,21,24)/t15-;18-/m00/s1. The first-order valence-corrected chi connectivity index (χ1v) is 23.4. The summed E-state index contributed by atoms with van der Waals surface area (Å²) in [6.07, 6.45) is 0.0562. The topological polar surface area (TPSA) is 200 Å². The number of hydrogen-bond donors (Lipinski definition) is 2. The molecule has 2 saturated heterocycles. The molecule has 0 aliphatic carbocycles. The molecule has 14 nitrogen and oxygen atoms in total. The predicted molar refractivity (Wildman–Crippen MR) is 224 cm³/mol. The summed E-state index contributed by atoms with van der Waals surface area (Å²) in [4.78, 5) is 38.4. The molecule has 3 aromatic heterocycles. The minimum absolute atomic E-state index is 0.0206. The molecule has 2 aliphatic heterocycles. The highest BCUT2D eigenvalue weighted by molar-refractivity contribution is 7.92. The first-order chi connectivity index (χ1) is 28.5. The molecule has 5 heterocycles. The van der Waals surface area contributed by atoms with Crippen LogP contribution >= 0.6 is 57.4 Å². The number of nitrogens with one attached hydrogen (secondary N) is 2. The Balaban J connectivity index is 0.000000182. The van der Waals surface area contributed by atoms with Crippen molar-refractivity contribution >= 4 is 111 Å². The normalized spacial score (nSPS) is 18.1. The zero-order valence-corrected chi connectivity index (χ0v) is 35.8. The molecule has 23 heteroatoms. The molecular formula is C37H26Cl2F2N6O8S5. The van der Waals surface area contributed by atoms with Gasteiger partial charge in [-0.05, 0) is 96.0 Å². The second kappa shape index (κ2) is 16.9. The number of thiophene rings is 3. The van der Waals surface area contributed by atoms with Crippen LogP contribution in [0.15, 0.2) is 98.7 Å². The quantitative estimate of drug-likeness (QED) is 0.0784. The number of nitriles is 1. The van der Waals surface area contributed by atoms with Crippen LogP contribution in [0.1, 0.15) is 24.0 Å². The lowest BCUT2D eigenvalue weighted by molar-refractivity contribution is -0.385. The Labute approximate surface area is 362 Å². The van der Waals surface area contributed by atoms with Gasteiger partial charge in [-0.15, -0.1) is 34.0 Å². The predicted octanol–water partition coefficient (Wildman–Crippen LogP) is 7.73. The Hall–Kier alpha value is -4.89. The van der Waals surface area contributed by atoms with E-state index in [0.29, 0.717) is 19.8 Å². The van der Waals surface area contributed by atoms with Gasteiger partial charge in [-0.25, -0.2) is 25.6 Å². The lowest BCUT2D eigenvalue weighted by Gasteiger charge is -2.32. The van der Waals surface area contributed by atoms with E-state index in [0.717, 1.165) is 55.8 Å². The summed E-state index contributed by atoms with van der Waals surface area (Å²) in [6, 6.07) is 20.6. The summed E-state index contributed by atoms with van der Waals surface area (Å²) >= 11 is 15.7. The van der Waals surface area contributed by atoms with Gasteiger partial charge in [0.1, 0.15) is 26.1 Å². The molecule has 3 aromatic carbocycles. The number of nitro benzene ring substituents is 1. The zero-order chi connectivity index (χ0) is 43.1. The number of non-ortho nitro benzene ring substituents is 1. The van der Waals surface area contributed by atoms with Crippen molar-refractivity contribution in [2.24, 2.45) is 0 Å². The summed E-state index contributed by atoms with van der Waals surface area (Å²) in [5.74, 6) is -3.16. The summed E-state index contributed by atoms with van der Waals surface area (Å²) in [5, 5.41) is 25.3. The van der Waals surface area contributed by atoms with Crippen LogP contribution in [0, 0.1) is 33.1 Å². The van der Waals surface area contributed by atoms with Crippen LogP contribution in [-0.2, 0) is 35.2 Å². The highest BCUT2D eigenvalue weighted by Gasteiger charge is 2.55. The van der Waals surface area contributed by atoms with Crippen LogP contribution in [0.4, 0.5) is 20.2 Å². The molecule has 0 bridgehead atoms. The van der Waals surface area contributed by atoms with E-state index >= 15 is 0 Å². The number of halogens is 4. The van der Waals surface area contributed by atoms with Crippen molar-refractivity contribution < 1.29 is 40.1 Å². The van der Waals surface area contributed by atoms with Gasteiger partial charge in [-0.2, -0.15) is 9.98 Å². The number of carbonyl (C=O) groups excluding carboxylic acids is 2. The fourth-order valence-corrected chi connectivity index (χ4v) is 13.6. The van der Waals surface area contributed by atoms with Crippen LogP contribution in [0.25, 0.3) is 19.8 Å². The molecule has 0 unspecified atom stereocenters. The number of amides is 2. The van der Waals surface area contributed by atoms with Gasteiger partial charge in [0.05, 0.1) is 28.3 Å². The van der Waals surface area contributed by atoms with Crippen molar-refractivity contribution in [2.45, 2.75) is 32.8 Å². The fourth-order valence-electron chi connectivity index (χ4n) is 6.57. The van der Waals surface area contributed by atoms with Crippen molar-refractivity contribution in [1.82, 2.24) is 13.9 Å². The Kier molecular flexibility index (Phi) is 12.2. The number of rotatable bonds is 10. The molecule has 2 atom stereocenters. The fraction of sp³-hybridized carbons (Fsp3) is 0.162. The smallest absolute Gasteiger partial charge is 0.272 e. The molecule has 2 N–H and O–H groups in total. The summed E-state index contributed by atoms with van der Waals surface area (Å²) in [5.41, 5.74) is -2.82. The lowest BCUT2D eigenvalue weighted by atomic mass is 9.89. The number of anilines is 1. The third kappa shape index (κ3) is 8.14. The van der Waals surface area contributed by atoms with Gasteiger partial charge in [0.2, 0.25) is 11.8 Å².